The van der Waals surface area contributed by atoms with E-state index < -0.39 is 10.8 Å². The van der Waals surface area contributed by atoms with Crippen LogP contribution in [-0.4, -0.2) is 0 Å². The van der Waals surface area contributed by atoms with Gasteiger partial charge in [0, 0.05) is 11.1 Å². The molecule has 0 saturated heterocycles. The number of para-hydroxylation sites is 1. The second-order valence-electron chi connectivity index (χ2n) is 15.1. The summed E-state index contributed by atoms with van der Waals surface area (Å²) >= 11 is 0. The molecule has 256 valence electrons. The quantitative estimate of drug-likeness (QED) is 0.178. The van der Waals surface area contributed by atoms with Crippen molar-refractivity contribution in [3.63, 3.8) is 0 Å². The Morgan fingerprint density at radius 2 is 0.836 bits per heavy atom. The van der Waals surface area contributed by atoms with Crippen molar-refractivity contribution < 1.29 is 4.74 Å². The number of ether oxygens (including phenoxy) is 1. The molecule has 9 aromatic carbocycles. The van der Waals surface area contributed by atoms with E-state index in [-0.39, 0.29) is 0 Å². The number of fused-ring (bicyclic) bond motifs is 14. The SMILES string of the molecule is c1ccc(C2(c3ccc(-c4ccc5c(c4)Oc4ccccc4C54c5ccccc5-c5ccccc54)cc3)c3ccccc3-c3ccc4ccccc4c32)cc1. The van der Waals surface area contributed by atoms with E-state index >= 15 is 0 Å². The molecule has 12 rings (SSSR count). The molecule has 1 heteroatoms. The topological polar surface area (TPSA) is 9.23 Å². The van der Waals surface area contributed by atoms with E-state index in [1.165, 1.54) is 77.5 Å². The first-order valence-corrected chi connectivity index (χ1v) is 19.2. The highest BCUT2D eigenvalue weighted by molar-refractivity contribution is 6.00. The molecule has 0 aromatic heterocycles. The lowest BCUT2D eigenvalue weighted by Gasteiger charge is -2.39. The Hall–Kier alpha value is -6.96. The molecule has 3 aliphatic rings. The summed E-state index contributed by atoms with van der Waals surface area (Å²) in [5.74, 6) is 1.81. The van der Waals surface area contributed by atoms with Gasteiger partial charge in [-0.25, -0.2) is 0 Å². The minimum Gasteiger partial charge on any atom is -0.457 e. The number of benzene rings is 9. The molecule has 2 aliphatic carbocycles. The van der Waals surface area contributed by atoms with E-state index in [9.17, 15) is 0 Å². The van der Waals surface area contributed by atoms with Crippen molar-refractivity contribution in [2.24, 2.45) is 0 Å². The Morgan fingerprint density at radius 3 is 1.56 bits per heavy atom. The zero-order chi connectivity index (χ0) is 36.1. The summed E-state index contributed by atoms with van der Waals surface area (Å²) in [6.45, 7) is 0. The zero-order valence-electron chi connectivity index (χ0n) is 30.0. The van der Waals surface area contributed by atoms with E-state index in [0.29, 0.717) is 0 Å². The number of hydrogen-bond acceptors (Lipinski definition) is 1. The second kappa shape index (κ2) is 11.3. The van der Waals surface area contributed by atoms with Crippen LogP contribution in [0.2, 0.25) is 0 Å². The predicted octanol–water partition coefficient (Wildman–Crippen LogP) is 13.3. The molecule has 0 N–H and O–H groups in total. The Morgan fingerprint density at radius 1 is 0.309 bits per heavy atom. The molecule has 0 fully saturated rings. The number of rotatable bonds is 3. The van der Waals surface area contributed by atoms with Gasteiger partial charge in [-0.2, -0.15) is 0 Å². The van der Waals surface area contributed by atoms with Crippen LogP contribution in [0.25, 0.3) is 44.2 Å². The third-order valence-electron chi connectivity index (χ3n) is 12.6. The third kappa shape index (κ3) is 3.92. The maximum absolute atomic E-state index is 6.85. The Balaban J connectivity index is 1.05. The van der Waals surface area contributed by atoms with Gasteiger partial charge in [0.1, 0.15) is 11.5 Å². The van der Waals surface area contributed by atoms with E-state index in [1.807, 2.05) is 0 Å². The van der Waals surface area contributed by atoms with Gasteiger partial charge in [0.05, 0.1) is 10.8 Å². The Bertz CT molecular complexity index is 2960. The summed E-state index contributed by atoms with van der Waals surface area (Å²) in [5, 5.41) is 2.55. The van der Waals surface area contributed by atoms with Gasteiger partial charge in [-0.15, -0.1) is 0 Å². The fourth-order valence-electron chi connectivity index (χ4n) is 10.5. The standard InChI is InChI=1S/C54H34O/c1-2-15-38(16-3-1)53(45-21-9-8-20-43(45)44-32-28-36-14-4-5-17-40(36)52(44)53)39-30-26-35(27-31-39)37-29-33-49-51(34-37)55-50-25-13-12-24-48(50)54(49)46-22-10-6-18-41(46)42-19-7-11-23-47(42)54/h1-34H. The van der Waals surface area contributed by atoms with Crippen LogP contribution in [0.15, 0.2) is 206 Å². The summed E-state index contributed by atoms with van der Waals surface area (Å²) in [5.41, 5.74) is 16.7. The molecule has 0 saturated carbocycles. The van der Waals surface area contributed by atoms with Crippen molar-refractivity contribution in [1.29, 1.82) is 0 Å². The average molecular weight is 699 g/mol. The van der Waals surface area contributed by atoms with Crippen LogP contribution in [0.1, 0.15) is 44.5 Å². The third-order valence-corrected chi connectivity index (χ3v) is 12.6. The first kappa shape index (κ1) is 30.5. The smallest absolute Gasteiger partial charge is 0.132 e. The van der Waals surface area contributed by atoms with Crippen molar-refractivity contribution in [2.45, 2.75) is 10.8 Å². The largest absolute Gasteiger partial charge is 0.457 e. The van der Waals surface area contributed by atoms with Crippen LogP contribution >= 0.6 is 0 Å². The van der Waals surface area contributed by atoms with Gasteiger partial charge in [0.25, 0.3) is 0 Å². The number of hydrogen-bond donors (Lipinski definition) is 0. The van der Waals surface area contributed by atoms with E-state index in [4.69, 9.17) is 4.74 Å². The van der Waals surface area contributed by atoms with E-state index in [0.717, 1.165) is 22.6 Å². The minimum atomic E-state index is -0.481. The fourth-order valence-corrected chi connectivity index (χ4v) is 10.5. The van der Waals surface area contributed by atoms with Crippen LogP contribution in [0.4, 0.5) is 0 Å². The van der Waals surface area contributed by atoms with Crippen molar-refractivity contribution in [3.05, 3.63) is 251 Å². The lowest BCUT2D eigenvalue weighted by atomic mass is 9.66. The predicted molar refractivity (Wildman–Crippen MR) is 224 cm³/mol. The Labute approximate surface area is 320 Å². The van der Waals surface area contributed by atoms with Crippen molar-refractivity contribution >= 4 is 10.8 Å². The van der Waals surface area contributed by atoms with E-state index in [1.54, 1.807) is 0 Å². The molecule has 1 nitrogen and oxygen atoms in total. The first-order valence-electron chi connectivity index (χ1n) is 19.2. The molecule has 0 bridgehead atoms. The van der Waals surface area contributed by atoms with Crippen molar-refractivity contribution in [2.75, 3.05) is 0 Å². The molecule has 0 amide bonds. The second-order valence-corrected chi connectivity index (χ2v) is 15.1. The van der Waals surface area contributed by atoms with Crippen molar-refractivity contribution in [3.8, 4) is 44.9 Å². The lowest BCUT2D eigenvalue weighted by molar-refractivity contribution is 0.436. The monoisotopic (exact) mass is 698 g/mol. The van der Waals surface area contributed by atoms with Gasteiger partial charge in [-0.05, 0) is 89.7 Å². The lowest BCUT2D eigenvalue weighted by Crippen LogP contribution is -2.32. The van der Waals surface area contributed by atoms with Gasteiger partial charge in [-0.3, -0.25) is 0 Å². The summed E-state index contributed by atoms with van der Waals surface area (Å²) < 4.78 is 6.85. The molecule has 0 radical (unpaired) electrons. The highest BCUT2D eigenvalue weighted by Crippen LogP contribution is 2.62. The van der Waals surface area contributed by atoms with Gasteiger partial charge in [0.2, 0.25) is 0 Å². The van der Waals surface area contributed by atoms with Gasteiger partial charge in [-0.1, -0.05) is 194 Å². The molecule has 1 atom stereocenters. The zero-order valence-corrected chi connectivity index (χ0v) is 30.0. The molecule has 1 heterocycles. The highest BCUT2D eigenvalue weighted by atomic mass is 16.5. The molecular formula is C54H34O. The average Bonchev–Trinajstić information content (AvgIpc) is 3.73. The minimum absolute atomic E-state index is 0.464. The molecular weight excluding hydrogens is 665 g/mol. The molecule has 1 unspecified atom stereocenters. The van der Waals surface area contributed by atoms with Crippen LogP contribution in [0, 0.1) is 0 Å². The highest BCUT2D eigenvalue weighted by Gasteiger charge is 2.51. The summed E-state index contributed by atoms with van der Waals surface area (Å²) in [6.07, 6.45) is 0. The molecule has 1 aliphatic heterocycles. The Kier molecular flexibility index (Phi) is 6.25. The summed E-state index contributed by atoms with van der Waals surface area (Å²) in [4.78, 5) is 0. The summed E-state index contributed by atoms with van der Waals surface area (Å²) in [6, 6.07) is 76.1. The molecule has 9 aromatic rings. The first-order chi connectivity index (χ1) is 27.3. The van der Waals surface area contributed by atoms with Gasteiger partial charge in [0.15, 0.2) is 0 Å². The molecule has 1 spiro atoms. The van der Waals surface area contributed by atoms with Crippen LogP contribution in [-0.2, 0) is 10.8 Å². The maximum Gasteiger partial charge on any atom is 0.132 e. The summed E-state index contributed by atoms with van der Waals surface area (Å²) in [7, 11) is 0. The van der Waals surface area contributed by atoms with E-state index in [2.05, 4.69) is 206 Å². The normalized spacial score (nSPS) is 16.4. The fraction of sp³-hybridized carbons (Fsp3) is 0.0370. The van der Waals surface area contributed by atoms with Gasteiger partial charge < -0.3 is 4.74 Å². The van der Waals surface area contributed by atoms with Crippen LogP contribution in [0.5, 0.6) is 11.5 Å². The molecule has 55 heavy (non-hydrogen) atoms. The van der Waals surface area contributed by atoms with Crippen LogP contribution < -0.4 is 4.74 Å². The van der Waals surface area contributed by atoms with Gasteiger partial charge >= 0.3 is 0 Å². The maximum atomic E-state index is 6.85. The van der Waals surface area contributed by atoms with Crippen molar-refractivity contribution in [1.82, 2.24) is 0 Å². The van der Waals surface area contributed by atoms with Crippen LogP contribution in [0.3, 0.4) is 0 Å².